The van der Waals surface area contributed by atoms with E-state index in [9.17, 15) is 13.2 Å². The molecule has 1 aromatic heterocycles. The second kappa shape index (κ2) is 6.75. The molecule has 2 aromatic rings. The zero-order valence-corrected chi connectivity index (χ0v) is 16.2. The molecular formula is C19H18N4O4S. The third-order valence-electron chi connectivity index (χ3n) is 4.48. The van der Waals surface area contributed by atoms with Crippen LogP contribution in [0.1, 0.15) is 11.5 Å². The summed E-state index contributed by atoms with van der Waals surface area (Å²) >= 11 is 0. The lowest BCUT2D eigenvalue weighted by molar-refractivity contribution is -0.112. The molecule has 1 amide bonds. The lowest BCUT2D eigenvalue weighted by Gasteiger charge is -2.26. The number of oxazole rings is 1. The van der Waals surface area contributed by atoms with Gasteiger partial charge in [0.15, 0.2) is 0 Å². The maximum Gasteiger partial charge on any atom is 0.257 e. The van der Waals surface area contributed by atoms with Crippen LogP contribution in [0.15, 0.2) is 57.0 Å². The molecule has 1 aromatic carbocycles. The summed E-state index contributed by atoms with van der Waals surface area (Å²) in [4.78, 5) is 18.7. The molecule has 0 atom stereocenters. The summed E-state index contributed by atoms with van der Waals surface area (Å²) < 4.78 is 32.5. The minimum Gasteiger partial charge on any atom is -0.441 e. The summed E-state index contributed by atoms with van der Waals surface area (Å²) in [6.45, 7) is 3.99. The number of hydrogen-bond acceptors (Lipinski definition) is 6. The number of fused-ring (bicyclic) bond motifs is 1. The van der Waals surface area contributed by atoms with Gasteiger partial charge in [0.1, 0.15) is 11.6 Å². The molecular weight excluding hydrogens is 380 g/mol. The number of nitrogens with one attached hydrogen (secondary N) is 1. The number of rotatable bonds is 3. The maximum absolute atomic E-state index is 12.6. The molecule has 2 aliphatic heterocycles. The second-order valence-corrected chi connectivity index (χ2v) is 8.30. The van der Waals surface area contributed by atoms with Gasteiger partial charge in [0.05, 0.1) is 17.0 Å². The van der Waals surface area contributed by atoms with E-state index in [4.69, 9.17) is 4.42 Å². The molecule has 0 unspecified atom stereocenters. The number of aromatic nitrogens is 1. The average Bonchev–Trinajstić information content (AvgIpc) is 2.99. The van der Waals surface area contributed by atoms with Gasteiger partial charge in [0, 0.05) is 24.0 Å². The van der Waals surface area contributed by atoms with Crippen molar-refractivity contribution in [2.24, 2.45) is 4.40 Å². The zero-order chi connectivity index (χ0) is 19.9. The van der Waals surface area contributed by atoms with Gasteiger partial charge < -0.3 is 14.6 Å². The van der Waals surface area contributed by atoms with Gasteiger partial charge in [-0.1, -0.05) is 6.07 Å². The first-order valence-electron chi connectivity index (χ1n) is 8.66. The van der Waals surface area contributed by atoms with E-state index >= 15 is 0 Å². The Bertz CT molecular complexity index is 1140. The Morgan fingerprint density at radius 2 is 2.07 bits per heavy atom. The first-order valence-corrected chi connectivity index (χ1v) is 10.3. The average molecular weight is 398 g/mol. The Kier molecular flexibility index (Phi) is 4.38. The molecule has 1 N–H and O–H groups in total. The summed E-state index contributed by atoms with van der Waals surface area (Å²) in [6, 6.07) is 7.23. The van der Waals surface area contributed by atoms with Crippen molar-refractivity contribution in [1.29, 1.82) is 0 Å². The molecule has 0 aliphatic carbocycles. The minimum absolute atomic E-state index is 0.0766. The van der Waals surface area contributed by atoms with Crippen LogP contribution in [0, 0.1) is 13.8 Å². The van der Waals surface area contributed by atoms with Crippen molar-refractivity contribution in [1.82, 2.24) is 9.88 Å². The van der Waals surface area contributed by atoms with Crippen molar-refractivity contribution < 1.29 is 17.6 Å². The fourth-order valence-corrected chi connectivity index (χ4v) is 3.83. The summed E-state index contributed by atoms with van der Waals surface area (Å²) in [5, 5.41) is 2.84. The first-order chi connectivity index (χ1) is 13.3. The largest absolute Gasteiger partial charge is 0.441 e. The molecule has 0 saturated carbocycles. The van der Waals surface area contributed by atoms with Crippen LogP contribution in [-0.4, -0.2) is 42.3 Å². The normalized spacial score (nSPS) is 17.6. The molecule has 0 saturated heterocycles. The van der Waals surface area contributed by atoms with E-state index in [0.717, 1.165) is 17.0 Å². The molecule has 0 radical (unpaired) electrons. The smallest absolute Gasteiger partial charge is 0.257 e. The maximum atomic E-state index is 12.6. The van der Waals surface area contributed by atoms with Crippen LogP contribution < -0.4 is 5.32 Å². The van der Waals surface area contributed by atoms with Gasteiger partial charge in [0.25, 0.3) is 15.9 Å². The highest BCUT2D eigenvalue weighted by molar-refractivity contribution is 7.90. The van der Waals surface area contributed by atoms with E-state index in [2.05, 4.69) is 14.7 Å². The fourth-order valence-electron chi connectivity index (χ4n) is 2.86. The zero-order valence-electron chi connectivity index (χ0n) is 15.3. The Balaban J connectivity index is 1.53. The monoisotopic (exact) mass is 398 g/mol. The predicted octanol–water partition coefficient (Wildman–Crippen LogP) is 2.39. The van der Waals surface area contributed by atoms with Crippen molar-refractivity contribution >= 4 is 27.5 Å². The Labute approximate surface area is 162 Å². The Morgan fingerprint density at radius 1 is 1.25 bits per heavy atom. The fraction of sp³-hybridized carbons (Fsp3) is 0.211. The van der Waals surface area contributed by atoms with Crippen LogP contribution in [0.3, 0.4) is 0 Å². The summed E-state index contributed by atoms with van der Waals surface area (Å²) in [5.41, 5.74) is 2.60. The van der Waals surface area contributed by atoms with Crippen LogP contribution in [0.5, 0.6) is 0 Å². The number of aryl methyl sites for hydroxylation is 2. The van der Waals surface area contributed by atoms with Gasteiger partial charge in [-0.15, -0.1) is 4.40 Å². The van der Waals surface area contributed by atoms with Crippen molar-refractivity contribution in [3.8, 4) is 11.5 Å². The standard InChI is InChI=1S/C19H18N4O4S/c1-12-13(2)27-19(20-12)14-4-3-5-16(10-14)21-18(24)15-6-7-17-22-28(25,26)9-8-23(17)11-15/h3-7,10-11H,8-9H2,1-2H3,(H,21,24). The lowest BCUT2D eigenvalue weighted by atomic mass is 10.1. The number of amides is 1. The quantitative estimate of drug-likeness (QED) is 0.851. The van der Waals surface area contributed by atoms with E-state index in [-0.39, 0.29) is 18.2 Å². The molecule has 0 bridgehead atoms. The number of nitrogens with zero attached hydrogens (tertiary/aromatic N) is 3. The minimum atomic E-state index is -3.42. The van der Waals surface area contributed by atoms with Gasteiger partial charge >= 0.3 is 0 Å². The molecule has 0 spiro atoms. The van der Waals surface area contributed by atoms with Crippen molar-refractivity contribution in [3.63, 3.8) is 0 Å². The van der Waals surface area contributed by atoms with Crippen LogP contribution >= 0.6 is 0 Å². The highest BCUT2D eigenvalue weighted by Crippen LogP contribution is 2.24. The number of carbonyl (C=O) groups excluding carboxylic acids is 1. The van der Waals surface area contributed by atoms with Crippen molar-refractivity contribution in [2.75, 3.05) is 17.6 Å². The molecule has 8 nitrogen and oxygen atoms in total. The Morgan fingerprint density at radius 3 is 2.82 bits per heavy atom. The molecule has 4 rings (SSSR count). The van der Waals surface area contributed by atoms with Crippen LogP contribution in [0.4, 0.5) is 5.69 Å². The van der Waals surface area contributed by atoms with Crippen molar-refractivity contribution in [2.45, 2.75) is 13.8 Å². The van der Waals surface area contributed by atoms with Crippen molar-refractivity contribution in [3.05, 3.63) is 59.6 Å². The van der Waals surface area contributed by atoms with Gasteiger partial charge in [-0.3, -0.25) is 4.79 Å². The SMILES string of the molecule is Cc1nc(-c2cccc(NC(=O)C3=CN4CCS(=O)(=O)N=C4C=C3)c2)oc1C. The topological polar surface area (TPSA) is 105 Å². The van der Waals surface area contributed by atoms with Gasteiger partial charge in [-0.2, -0.15) is 0 Å². The number of sulfonamides is 1. The highest BCUT2D eigenvalue weighted by Gasteiger charge is 2.25. The van der Waals surface area contributed by atoms with E-state index in [1.807, 2.05) is 26.0 Å². The Hall–Kier alpha value is -3.20. The summed E-state index contributed by atoms with van der Waals surface area (Å²) in [6.07, 6.45) is 4.68. The number of hydrogen-bond donors (Lipinski definition) is 1. The van der Waals surface area contributed by atoms with Gasteiger partial charge in [-0.25, -0.2) is 13.4 Å². The van der Waals surface area contributed by atoms with Crippen LogP contribution in [0.2, 0.25) is 0 Å². The van der Waals surface area contributed by atoms with E-state index in [1.165, 1.54) is 6.08 Å². The van der Waals surface area contributed by atoms with Crippen LogP contribution in [0.25, 0.3) is 11.5 Å². The third-order valence-corrected chi connectivity index (χ3v) is 5.65. The lowest BCUT2D eigenvalue weighted by Crippen LogP contribution is -2.37. The summed E-state index contributed by atoms with van der Waals surface area (Å²) in [5.74, 6) is 1.19. The molecule has 144 valence electrons. The molecule has 2 aliphatic rings. The number of benzene rings is 1. The van der Waals surface area contributed by atoms with E-state index < -0.39 is 10.0 Å². The molecule has 0 fully saturated rings. The van der Waals surface area contributed by atoms with E-state index in [1.54, 1.807) is 29.3 Å². The molecule has 3 heterocycles. The van der Waals surface area contributed by atoms with E-state index in [0.29, 0.717) is 23.0 Å². The second-order valence-electron chi connectivity index (χ2n) is 6.54. The van der Waals surface area contributed by atoms with Gasteiger partial charge in [0.2, 0.25) is 5.89 Å². The van der Waals surface area contributed by atoms with Crippen LogP contribution in [-0.2, 0) is 14.8 Å². The number of amidine groups is 1. The number of anilines is 1. The third kappa shape index (κ3) is 3.61. The number of carbonyl (C=O) groups is 1. The summed E-state index contributed by atoms with van der Waals surface area (Å²) in [7, 11) is -3.42. The molecule has 28 heavy (non-hydrogen) atoms. The molecule has 9 heteroatoms. The first kappa shape index (κ1) is 18.2. The predicted molar refractivity (Wildman–Crippen MR) is 105 cm³/mol. The van der Waals surface area contributed by atoms with Gasteiger partial charge in [-0.05, 0) is 44.2 Å². The highest BCUT2D eigenvalue weighted by atomic mass is 32.2.